The Hall–Kier alpha value is -2.60. The highest BCUT2D eigenvalue weighted by Crippen LogP contribution is 2.27. The topological polar surface area (TPSA) is 61.8 Å². The number of hydrogen-bond donors (Lipinski definition) is 2. The highest BCUT2D eigenvalue weighted by atomic mass is 19.1. The molecule has 0 fully saturated rings. The van der Waals surface area contributed by atoms with Gasteiger partial charge in [0, 0.05) is 25.7 Å². The molecule has 2 amide bonds. The SMILES string of the molecule is C[C@H](O)CN(C)C(=O)NCc1ccccc1Oc1ccccc1F. The highest BCUT2D eigenvalue weighted by Gasteiger charge is 2.12. The van der Waals surface area contributed by atoms with E-state index in [1.807, 2.05) is 6.07 Å². The van der Waals surface area contributed by atoms with Crippen molar-refractivity contribution in [3.05, 3.63) is 59.9 Å². The van der Waals surface area contributed by atoms with Gasteiger partial charge in [-0.25, -0.2) is 9.18 Å². The number of rotatable bonds is 6. The summed E-state index contributed by atoms with van der Waals surface area (Å²) in [7, 11) is 1.60. The van der Waals surface area contributed by atoms with Crippen LogP contribution in [-0.4, -0.2) is 35.7 Å². The van der Waals surface area contributed by atoms with E-state index >= 15 is 0 Å². The summed E-state index contributed by atoms with van der Waals surface area (Å²) in [5.41, 5.74) is 0.722. The van der Waals surface area contributed by atoms with Crippen LogP contribution >= 0.6 is 0 Å². The van der Waals surface area contributed by atoms with E-state index in [-0.39, 0.29) is 24.9 Å². The van der Waals surface area contributed by atoms with Gasteiger partial charge in [-0.1, -0.05) is 30.3 Å². The first-order valence-electron chi connectivity index (χ1n) is 7.64. The maximum Gasteiger partial charge on any atom is 0.317 e. The molecular weight excluding hydrogens is 311 g/mol. The van der Waals surface area contributed by atoms with Crippen molar-refractivity contribution in [2.75, 3.05) is 13.6 Å². The molecule has 0 aromatic heterocycles. The van der Waals surface area contributed by atoms with Gasteiger partial charge >= 0.3 is 6.03 Å². The third-order valence-electron chi connectivity index (χ3n) is 3.34. The summed E-state index contributed by atoms with van der Waals surface area (Å²) in [6, 6.07) is 12.9. The second-order valence-electron chi connectivity index (χ2n) is 5.53. The number of nitrogens with zero attached hydrogens (tertiary/aromatic N) is 1. The monoisotopic (exact) mass is 332 g/mol. The number of hydrogen-bond acceptors (Lipinski definition) is 3. The van der Waals surface area contributed by atoms with Gasteiger partial charge in [-0.05, 0) is 25.1 Å². The van der Waals surface area contributed by atoms with Crippen LogP contribution in [0.2, 0.25) is 0 Å². The molecule has 0 aliphatic heterocycles. The maximum atomic E-state index is 13.7. The molecule has 0 aliphatic carbocycles. The minimum atomic E-state index is -0.600. The fourth-order valence-electron chi connectivity index (χ4n) is 2.18. The number of ether oxygens (including phenoxy) is 1. The number of aliphatic hydroxyl groups is 1. The summed E-state index contributed by atoms with van der Waals surface area (Å²) in [6.45, 7) is 2.08. The van der Waals surface area contributed by atoms with Crippen LogP contribution in [0.25, 0.3) is 0 Å². The van der Waals surface area contributed by atoms with Crippen molar-refractivity contribution in [2.45, 2.75) is 19.6 Å². The van der Waals surface area contributed by atoms with Crippen molar-refractivity contribution >= 4 is 6.03 Å². The van der Waals surface area contributed by atoms with Crippen LogP contribution < -0.4 is 10.1 Å². The molecule has 0 saturated carbocycles. The molecule has 0 heterocycles. The van der Waals surface area contributed by atoms with Gasteiger partial charge in [0.1, 0.15) is 5.75 Å². The first-order valence-corrected chi connectivity index (χ1v) is 7.64. The van der Waals surface area contributed by atoms with Gasteiger partial charge in [-0.3, -0.25) is 0 Å². The zero-order chi connectivity index (χ0) is 17.5. The zero-order valence-electron chi connectivity index (χ0n) is 13.7. The van der Waals surface area contributed by atoms with Crippen LogP contribution in [0.15, 0.2) is 48.5 Å². The summed E-state index contributed by atoms with van der Waals surface area (Å²) in [5, 5.41) is 12.1. The van der Waals surface area contributed by atoms with Gasteiger partial charge in [0.05, 0.1) is 6.10 Å². The largest absolute Gasteiger partial charge is 0.454 e. The van der Waals surface area contributed by atoms with E-state index in [0.29, 0.717) is 5.75 Å². The molecule has 2 aromatic rings. The summed E-state index contributed by atoms with van der Waals surface area (Å²) < 4.78 is 19.3. The van der Waals surface area contributed by atoms with Gasteiger partial charge in [-0.2, -0.15) is 0 Å². The molecule has 0 aliphatic rings. The number of likely N-dealkylation sites (N-methyl/N-ethyl adjacent to an activating group) is 1. The van der Waals surface area contributed by atoms with Crippen molar-refractivity contribution in [3.8, 4) is 11.5 Å². The van der Waals surface area contributed by atoms with E-state index in [1.54, 1.807) is 50.4 Å². The Balaban J connectivity index is 2.04. The summed E-state index contributed by atoms with van der Waals surface area (Å²) >= 11 is 0. The summed E-state index contributed by atoms with van der Waals surface area (Å²) in [4.78, 5) is 13.4. The molecule has 2 N–H and O–H groups in total. The number of nitrogens with one attached hydrogen (secondary N) is 1. The molecule has 2 aromatic carbocycles. The fraction of sp³-hybridized carbons (Fsp3) is 0.278. The van der Waals surface area contributed by atoms with Crippen LogP contribution in [0.3, 0.4) is 0 Å². The van der Waals surface area contributed by atoms with Gasteiger partial charge in [-0.15, -0.1) is 0 Å². The Bertz CT molecular complexity index is 691. The molecular formula is C18H21FN2O3. The molecule has 1 atom stereocenters. The van der Waals surface area contributed by atoms with E-state index in [2.05, 4.69) is 5.32 Å². The van der Waals surface area contributed by atoms with Crippen LogP contribution in [0.4, 0.5) is 9.18 Å². The molecule has 5 nitrogen and oxygen atoms in total. The minimum absolute atomic E-state index is 0.127. The van der Waals surface area contributed by atoms with E-state index < -0.39 is 11.9 Å². The molecule has 128 valence electrons. The third-order valence-corrected chi connectivity index (χ3v) is 3.34. The smallest absolute Gasteiger partial charge is 0.317 e. The number of carbonyl (C=O) groups is 1. The Morgan fingerprint density at radius 2 is 1.83 bits per heavy atom. The first kappa shape index (κ1) is 17.7. The average Bonchev–Trinajstić information content (AvgIpc) is 2.55. The zero-order valence-corrected chi connectivity index (χ0v) is 13.7. The number of halogens is 1. The van der Waals surface area contributed by atoms with Crippen molar-refractivity contribution in [1.82, 2.24) is 10.2 Å². The van der Waals surface area contributed by atoms with Crippen molar-refractivity contribution < 1.29 is 19.0 Å². The fourth-order valence-corrected chi connectivity index (χ4v) is 2.18. The number of urea groups is 1. The lowest BCUT2D eigenvalue weighted by Crippen LogP contribution is -2.40. The number of para-hydroxylation sites is 2. The van der Waals surface area contributed by atoms with Gasteiger partial charge in [0.15, 0.2) is 11.6 Å². The molecule has 6 heteroatoms. The molecule has 0 saturated heterocycles. The predicted molar refractivity (Wildman–Crippen MR) is 89.5 cm³/mol. The maximum absolute atomic E-state index is 13.7. The van der Waals surface area contributed by atoms with Crippen LogP contribution in [-0.2, 0) is 6.54 Å². The van der Waals surface area contributed by atoms with Gasteiger partial charge < -0.3 is 20.1 Å². The molecule has 0 radical (unpaired) electrons. The average molecular weight is 332 g/mol. The minimum Gasteiger partial charge on any atom is -0.454 e. The number of carbonyl (C=O) groups excluding carboxylic acids is 1. The van der Waals surface area contributed by atoms with Crippen LogP contribution in [0.1, 0.15) is 12.5 Å². The third kappa shape index (κ3) is 4.96. The van der Waals surface area contributed by atoms with Crippen LogP contribution in [0.5, 0.6) is 11.5 Å². The van der Waals surface area contributed by atoms with E-state index in [0.717, 1.165) is 5.56 Å². The van der Waals surface area contributed by atoms with Crippen molar-refractivity contribution in [1.29, 1.82) is 0 Å². The Labute approximate surface area is 140 Å². The quantitative estimate of drug-likeness (QED) is 0.854. The number of amides is 2. The van der Waals surface area contributed by atoms with Crippen molar-refractivity contribution in [2.24, 2.45) is 0 Å². The van der Waals surface area contributed by atoms with Crippen LogP contribution in [0, 0.1) is 5.82 Å². The standard InChI is InChI=1S/C18H21FN2O3/c1-13(22)12-21(2)18(23)20-11-14-7-3-5-9-16(14)24-17-10-6-4-8-15(17)19/h3-10,13,22H,11-12H2,1-2H3,(H,20,23)/t13-/m0/s1. The van der Waals surface area contributed by atoms with E-state index in [4.69, 9.17) is 4.74 Å². The van der Waals surface area contributed by atoms with Crippen molar-refractivity contribution in [3.63, 3.8) is 0 Å². The van der Waals surface area contributed by atoms with E-state index in [1.165, 1.54) is 11.0 Å². The van der Waals surface area contributed by atoms with E-state index in [9.17, 15) is 14.3 Å². The Morgan fingerprint density at radius 3 is 2.50 bits per heavy atom. The lowest BCUT2D eigenvalue weighted by atomic mass is 10.2. The predicted octanol–water partition coefficient (Wildman–Crippen LogP) is 3.14. The Kier molecular flexibility index (Phi) is 6.14. The lowest BCUT2D eigenvalue weighted by Gasteiger charge is -2.20. The molecule has 2 rings (SSSR count). The summed E-state index contributed by atoms with van der Waals surface area (Å²) in [6.07, 6.45) is -0.600. The Morgan fingerprint density at radius 1 is 1.21 bits per heavy atom. The second kappa shape index (κ2) is 8.31. The number of benzene rings is 2. The molecule has 0 spiro atoms. The van der Waals surface area contributed by atoms with Gasteiger partial charge in [0.2, 0.25) is 0 Å². The lowest BCUT2D eigenvalue weighted by molar-refractivity contribution is 0.143. The second-order valence-corrected chi connectivity index (χ2v) is 5.53. The highest BCUT2D eigenvalue weighted by molar-refractivity contribution is 5.74. The van der Waals surface area contributed by atoms with Gasteiger partial charge in [0.25, 0.3) is 0 Å². The molecule has 0 unspecified atom stereocenters. The summed E-state index contributed by atoms with van der Waals surface area (Å²) in [5.74, 6) is 0.150. The number of aliphatic hydroxyl groups excluding tert-OH is 1. The molecule has 24 heavy (non-hydrogen) atoms. The first-order chi connectivity index (χ1) is 11.5. The normalized spacial score (nSPS) is 11.7. The molecule has 0 bridgehead atoms.